The van der Waals surface area contributed by atoms with Gasteiger partial charge in [0.1, 0.15) is 0 Å². The van der Waals surface area contributed by atoms with Crippen molar-refractivity contribution in [3.8, 4) is 0 Å². The first kappa shape index (κ1) is 29.5. The molecule has 0 saturated heterocycles. The quantitative estimate of drug-likeness (QED) is 0.393. The zero-order valence-corrected chi connectivity index (χ0v) is 18.5. The van der Waals surface area contributed by atoms with Crippen molar-refractivity contribution in [3.05, 3.63) is 0 Å². The fourth-order valence-corrected chi connectivity index (χ4v) is 1.44. The molecular formula is C10H15AlBaO10. The molecule has 0 radical (unpaired) electrons. The Morgan fingerprint density at radius 1 is 0.636 bits per heavy atom. The van der Waals surface area contributed by atoms with Crippen molar-refractivity contribution in [2.45, 2.75) is 34.6 Å². The summed E-state index contributed by atoms with van der Waals surface area (Å²) in [5, 5.41) is 17.8. The van der Waals surface area contributed by atoms with Crippen LogP contribution in [0.5, 0.6) is 0 Å². The van der Waals surface area contributed by atoms with E-state index >= 15 is 0 Å². The van der Waals surface area contributed by atoms with E-state index in [4.69, 9.17) is 19.8 Å². The van der Waals surface area contributed by atoms with E-state index in [1.807, 2.05) is 0 Å². The van der Waals surface area contributed by atoms with Gasteiger partial charge < -0.3 is 31.2 Å². The van der Waals surface area contributed by atoms with Crippen LogP contribution in [-0.2, 0) is 35.3 Å². The SMILES string of the molecule is CC(=O)[O-].CC(=O)[O-].CC(=O)[O][Al]([O]C(C)=O)[O]C(C)=O.[Ba+2]. The zero-order valence-electron chi connectivity index (χ0n) is 12.9. The molecule has 10 nitrogen and oxygen atoms in total. The first-order chi connectivity index (χ1) is 9.38. The van der Waals surface area contributed by atoms with E-state index in [0.29, 0.717) is 0 Å². The normalized spacial score (nSPS) is 7.32. The molecule has 0 aliphatic rings. The van der Waals surface area contributed by atoms with Gasteiger partial charge in [-0.1, -0.05) is 0 Å². The van der Waals surface area contributed by atoms with Crippen LogP contribution in [0.3, 0.4) is 0 Å². The predicted octanol–water partition coefficient (Wildman–Crippen LogP) is -3.21. The summed E-state index contributed by atoms with van der Waals surface area (Å²) in [7, 11) is 0. The topological polar surface area (TPSA) is 159 Å². The maximum atomic E-state index is 10.4. The summed E-state index contributed by atoms with van der Waals surface area (Å²) in [5.74, 6) is -4.13. The van der Waals surface area contributed by atoms with Crippen LogP contribution >= 0.6 is 0 Å². The molecule has 0 N–H and O–H groups in total. The Bertz CT molecular complexity index is 326. The predicted molar refractivity (Wildman–Crippen MR) is 68.2 cm³/mol. The molecule has 0 aromatic carbocycles. The van der Waals surface area contributed by atoms with E-state index in [1.165, 1.54) is 0 Å². The van der Waals surface area contributed by atoms with Crippen molar-refractivity contribution in [3.63, 3.8) is 0 Å². The summed E-state index contributed by atoms with van der Waals surface area (Å²) in [4.78, 5) is 49.1. The molecule has 22 heavy (non-hydrogen) atoms. The minimum absolute atomic E-state index is 0. The molecule has 0 heterocycles. The van der Waals surface area contributed by atoms with Gasteiger partial charge in [-0.3, -0.25) is 14.4 Å². The van der Waals surface area contributed by atoms with Gasteiger partial charge in [0, 0.05) is 32.7 Å². The molecular weight excluding hydrogens is 444 g/mol. The number of carbonyl (C=O) groups excluding carboxylic acids is 5. The minimum atomic E-state index is -2.96. The van der Waals surface area contributed by atoms with E-state index in [1.54, 1.807) is 0 Å². The van der Waals surface area contributed by atoms with Gasteiger partial charge in [0.2, 0.25) is 0 Å². The van der Waals surface area contributed by atoms with Crippen molar-refractivity contribution in [2.24, 2.45) is 0 Å². The molecule has 0 aromatic rings. The average Bonchev–Trinajstić information content (AvgIpc) is 2.10. The summed E-state index contributed by atoms with van der Waals surface area (Å²) in [6, 6.07) is 0. The summed E-state index contributed by atoms with van der Waals surface area (Å²) in [6.07, 6.45) is 0. The van der Waals surface area contributed by atoms with Crippen molar-refractivity contribution in [2.75, 3.05) is 0 Å². The smallest absolute Gasteiger partial charge is 0.551 e. The van der Waals surface area contributed by atoms with E-state index in [-0.39, 0.29) is 48.9 Å². The average molecular weight is 460 g/mol. The number of rotatable bonds is 3. The van der Waals surface area contributed by atoms with Crippen LogP contribution < -0.4 is 10.2 Å². The molecule has 0 aromatic heterocycles. The third-order valence-electron chi connectivity index (χ3n) is 0.787. The third kappa shape index (κ3) is 50.5. The number of carbonyl (C=O) groups is 5. The van der Waals surface area contributed by atoms with E-state index in [0.717, 1.165) is 34.6 Å². The van der Waals surface area contributed by atoms with Crippen LogP contribution in [-0.4, -0.2) is 93.9 Å². The third-order valence-corrected chi connectivity index (χ3v) is 2.36. The van der Waals surface area contributed by atoms with Crippen LogP contribution in [0.4, 0.5) is 0 Å². The Balaban J connectivity index is -0.000000150. The molecule has 0 saturated carbocycles. The van der Waals surface area contributed by atoms with Gasteiger partial charge in [-0.2, -0.15) is 0 Å². The van der Waals surface area contributed by atoms with E-state index in [9.17, 15) is 14.4 Å². The van der Waals surface area contributed by atoms with Crippen molar-refractivity contribution in [1.29, 1.82) is 0 Å². The molecule has 0 atom stereocenters. The Hall–Kier alpha value is -0.546. The zero-order chi connectivity index (χ0) is 17.6. The molecule has 12 heteroatoms. The molecule has 0 rings (SSSR count). The summed E-state index contributed by atoms with van der Waals surface area (Å²) >= 11 is -2.96. The molecule has 0 spiro atoms. The number of hydrogen-bond donors (Lipinski definition) is 0. The van der Waals surface area contributed by atoms with Crippen LogP contribution in [0.1, 0.15) is 34.6 Å². The van der Waals surface area contributed by atoms with E-state index in [2.05, 4.69) is 11.4 Å². The molecule has 0 fully saturated rings. The van der Waals surface area contributed by atoms with Gasteiger partial charge in [0.15, 0.2) is 0 Å². The van der Waals surface area contributed by atoms with Gasteiger partial charge in [0.05, 0.1) is 0 Å². The molecule has 0 bridgehead atoms. The van der Waals surface area contributed by atoms with Crippen LogP contribution in [0.25, 0.3) is 0 Å². The van der Waals surface area contributed by atoms with Crippen LogP contribution in [0, 0.1) is 0 Å². The Kier molecular flexibility index (Phi) is 24.8. The monoisotopic (exact) mass is 460 g/mol. The molecule has 0 unspecified atom stereocenters. The van der Waals surface area contributed by atoms with Gasteiger partial charge >= 0.3 is 64.0 Å². The second-order valence-electron chi connectivity index (χ2n) is 3.10. The molecule has 0 aliphatic heterocycles. The summed E-state index contributed by atoms with van der Waals surface area (Å²) in [6.45, 7) is 5.34. The minimum Gasteiger partial charge on any atom is -0.551 e. The number of carboxylic acid groups (broad SMARTS) is 2. The largest absolute Gasteiger partial charge is 2.00 e. The van der Waals surface area contributed by atoms with Crippen molar-refractivity contribution >= 4 is 93.9 Å². The maximum absolute atomic E-state index is 10.4. The second-order valence-corrected chi connectivity index (χ2v) is 4.38. The molecule has 0 amide bonds. The van der Waals surface area contributed by atoms with Crippen molar-refractivity contribution in [1.82, 2.24) is 0 Å². The summed E-state index contributed by atoms with van der Waals surface area (Å²) in [5.41, 5.74) is 0. The number of hydrogen-bond acceptors (Lipinski definition) is 10. The number of aliphatic carboxylic acids is 2. The Morgan fingerprint density at radius 2 is 0.773 bits per heavy atom. The fraction of sp³-hybridized carbons (Fsp3) is 0.500. The van der Waals surface area contributed by atoms with E-state index < -0.39 is 45.0 Å². The first-order valence-corrected chi connectivity index (χ1v) is 6.66. The Labute approximate surface area is 172 Å². The number of carboxylic acids is 2. The van der Waals surface area contributed by atoms with Crippen LogP contribution in [0.15, 0.2) is 0 Å². The van der Waals surface area contributed by atoms with Gasteiger partial charge in [-0.05, 0) is 13.8 Å². The van der Waals surface area contributed by atoms with Crippen molar-refractivity contribution < 1.29 is 45.6 Å². The standard InChI is InChI=1S/5C2H4O2.Al.Ba/c5*1-2(3)4;;/h5*1H3,(H,3,4);;/q;;;;;+3;+2/p-5. The van der Waals surface area contributed by atoms with Crippen LogP contribution in [0.2, 0.25) is 0 Å². The fourth-order valence-electron chi connectivity index (χ4n) is 0.479. The molecule has 120 valence electrons. The van der Waals surface area contributed by atoms with Gasteiger partial charge in [0.25, 0.3) is 17.9 Å². The first-order valence-electron chi connectivity index (χ1n) is 5.25. The summed E-state index contributed by atoms with van der Waals surface area (Å²) < 4.78 is 13.5. The second kappa shape index (κ2) is 18.5. The maximum Gasteiger partial charge on any atom is 2.00 e. The molecule has 0 aliphatic carbocycles. The van der Waals surface area contributed by atoms with Gasteiger partial charge in [-0.25, -0.2) is 0 Å². The van der Waals surface area contributed by atoms with Gasteiger partial charge in [-0.15, -0.1) is 0 Å². The Morgan fingerprint density at radius 3 is 0.864 bits per heavy atom.